The number of nitrogens with one attached hydrogen (secondary N) is 2. The average Bonchev–Trinajstić information content (AvgIpc) is 2.26. The fourth-order valence-corrected chi connectivity index (χ4v) is 1.18. The molecule has 0 aromatic carbocycles. The second-order valence-electron chi connectivity index (χ2n) is 5.77. The van der Waals surface area contributed by atoms with E-state index in [1.54, 1.807) is 0 Å². The zero-order valence-corrected chi connectivity index (χ0v) is 12.0. The van der Waals surface area contributed by atoms with E-state index >= 15 is 0 Å². The Hall–Kier alpha value is -1.10. The molecule has 0 aromatic rings. The zero-order chi connectivity index (χ0) is 14.3. The molecule has 0 spiro atoms. The Morgan fingerprint density at radius 3 is 2.22 bits per heavy atom. The minimum absolute atomic E-state index is 0.0260. The number of carbonyl (C=O) groups excluding carboxylic acids is 2. The molecule has 2 atom stereocenters. The van der Waals surface area contributed by atoms with E-state index in [-0.39, 0.29) is 36.8 Å². The minimum Gasteiger partial charge on any atom is -0.396 e. The highest BCUT2D eigenvalue weighted by Gasteiger charge is 2.21. The Morgan fingerprint density at radius 1 is 1.22 bits per heavy atom. The molecule has 0 heterocycles. The molecule has 5 nitrogen and oxygen atoms in total. The van der Waals surface area contributed by atoms with Crippen LogP contribution in [0.2, 0.25) is 0 Å². The van der Waals surface area contributed by atoms with E-state index in [0.717, 1.165) is 0 Å². The van der Waals surface area contributed by atoms with Crippen LogP contribution < -0.4 is 10.6 Å². The van der Waals surface area contributed by atoms with E-state index in [9.17, 15) is 9.59 Å². The normalized spacial score (nSPS) is 14.8. The molecule has 0 aliphatic heterocycles. The summed E-state index contributed by atoms with van der Waals surface area (Å²) in [6.45, 7) is 9.58. The molecule has 18 heavy (non-hydrogen) atoms. The van der Waals surface area contributed by atoms with Crippen LogP contribution in [0, 0.1) is 11.3 Å². The van der Waals surface area contributed by atoms with Gasteiger partial charge in [0.2, 0.25) is 11.8 Å². The molecular weight excluding hydrogens is 232 g/mol. The van der Waals surface area contributed by atoms with Crippen LogP contribution in [0.5, 0.6) is 0 Å². The van der Waals surface area contributed by atoms with Crippen molar-refractivity contribution in [3.63, 3.8) is 0 Å². The van der Waals surface area contributed by atoms with Crippen LogP contribution in [0.15, 0.2) is 0 Å². The van der Waals surface area contributed by atoms with E-state index in [4.69, 9.17) is 5.11 Å². The highest BCUT2D eigenvalue weighted by atomic mass is 16.3. The van der Waals surface area contributed by atoms with Crippen molar-refractivity contribution in [3.05, 3.63) is 0 Å². The first-order valence-electron chi connectivity index (χ1n) is 6.37. The number of aliphatic hydroxyl groups is 1. The maximum absolute atomic E-state index is 11.6. The third kappa shape index (κ3) is 6.59. The largest absolute Gasteiger partial charge is 0.396 e. The molecule has 5 heteroatoms. The summed E-state index contributed by atoms with van der Waals surface area (Å²) in [7, 11) is 0. The molecule has 2 unspecified atom stereocenters. The second kappa shape index (κ2) is 7.36. The number of rotatable bonds is 6. The predicted molar refractivity (Wildman–Crippen MR) is 70.9 cm³/mol. The molecule has 0 aliphatic rings. The van der Waals surface area contributed by atoms with Crippen molar-refractivity contribution in [2.24, 2.45) is 11.3 Å². The van der Waals surface area contributed by atoms with E-state index in [0.29, 0.717) is 6.54 Å². The monoisotopic (exact) mass is 258 g/mol. The van der Waals surface area contributed by atoms with Gasteiger partial charge in [-0.1, -0.05) is 27.7 Å². The third-order valence-corrected chi connectivity index (χ3v) is 2.85. The Labute approximate surface area is 109 Å². The van der Waals surface area contributed by atoms with Crippen molar-refractivity contribution < 1.29 is 14.7 Å². The average molecular weight is 258 g/mol. The van der Waals surface area contributed by atoms with Gasteiger partial charge in [-0.05, 0) is 12.8 Å². The van der Waals surface area contributed by atoms with Crippen LogP contribution in [0.1, 0.15) is 41.0 Å². The molecule has 0 aromatic heterocycles. The van der Waals surface area contributed by atoms with Crippen molar-refractivity contribution in [1.82, 2.24) is 10.6 Å². The fraction of sp³-hybridized carbons (Fsp3) is 0.846. The second-order valence-corrected chi connectivity index (χ2v) is 5.77. The Balaban J connectivity index is 3.89. The summed E-state index contributed by atoms with van der Waals surface area (Å²) in [5, 5.41) is 14.5. The summed E-state index contributed by atoms with van der Waals surface area (Å²) in [6.07, 6.45) is 0.254. The summed E-state index contributed by atoms with van der Waals surface area (Å²) in [4.78, 5) is 23.1. The van der Waals surface area contributed by atoms with E-state index < -0.39 is 5.41 Å². The molecular formula is C13H26N2O3. The topological polar surface area (TPSA) is 78.4 Å². The third-order valence-electron chi connectivity index (χ3n) is 2.85. The molecule has 0 saturated carbocycles. The molecule has 0 rings (SSSR count). The van der Waals surface area contributed by atoms with Gasteiger partial charge in [0, 0.05) is 31.0 Å². The Bertz CT molecular complexity index is 284. The van der Waals surface area contributed by atoms with Gasteiger partial charge in [-0.25, -0.2) is 0 Å². The molecule has 0 bridgehead atoms. The number of aliphatic hydroxyl groups excluding tert-OH is 1. The first-order valence-corrected chi connectivity index (χ1v) is 6.37. The molecule has 3 N–H and O–H groups in total. The van der Waals surface area contributed by atoms with Gasteiger partial charge in [0.05, 0.1) is 0 Å². The summed E-state index contributed by atoms with van der Waals surface area (Å²) in [5.41, 5.74) is -0.435. The Morgan fingerprint density at radius 2 is 1.78 bits per heavy atom. The number of hydrogen-bond acceptors (Lipinski definition) is 3. The molecule has 2 amide bonds. The summed E-state index contributed by atoms with van der Waals surface area (Å²) >= 11 is 0. The highest BCUT2D eigenvalue weighted by Crippen LogP contribution is 2.12. The predicted octanol–water partition coefficient (Wildman–Crippen LogP) is 0.672. The summed E-state index contributed by atoms with van der Waals surface area (Å²) in [6, 6.07) is -0.0687. The number of amides is 2. The van der Waals surface area contributed by atoms with Crippen LogP contribution in [0.4, 0.5) is 0 Å². The Kier molecular flexibility index (Phi) is 6.91. The maximum Gasteiger partial charge on any atom is 0.225 e. The maximum atomic E-state index is 11.6. The van der Waals surface area contributed by atoms with Crippen molar-refractivity contribution in [2.75, 3.05) is 13.2 Å². The first-order chi connectivity index (χ1) is 8.18. The molecule has 0 fully saturated rings. The molecule has 0 aliphatic carbocycles. The fourth-order valence-electron chi connectivity index (χ4n) is 1.18. The molecule has 0 radical (unpaired) electrons. The lowest BCUT2D eigenvalue weighted by Crippen LogP contribution is -2.41. The van der Waals surface area contributed by atoms with E-state index in [2.05, 4.69) is 10.6 Å². The summed E-state index contributed by atoms with van der Waals surface area (Å²) < 4.78 is 0. The van der Waals surface area contributed by atoms with Crippen LogP contribution in [-0.4, -0.2) is 36.1 Å². The van der Waals surface area contributed by atoms with Crippen molar-refractivity contribution >= 4 is 11.8 Å². The zero-order valence-electron chi connectivity index (χ0n) is 12.0. The molecule has 0 saturated heterocycles. The van der Waals surface area contributed by atoms with Gasteiger partial charge in [0.1, 0.15) is 0 Å². The van der Waals surface area contributed by atoms with E-state index in [1.165, 1.54) is 0 Å². The van der Waals surface area contributed by atoms with E-state index in [1.807, 2.05) is 34.6 Å². The quantitative estimate of drug-likeness (QED) is 0.655. The van der Waals surface area contributed by atoms with Gasteiger partial charge in [-0.3, -0.25) is 9.59 Å². The van der Waals surface area contributed by atoms with Crippen LogP contribution in [-0.2, 0) is 9.59 Å². The highest BCUT2D eigenvalue weighted by molar-refractivity contribution is 5.82. The first kappa shape index (κ1) is 16.9. The van der Waals surface area contributed by atoms with Crippen molar-refractivity contribution in [1.29, 1.82) is 0 Å². The lowest BCUT2D eigenvalue weighted by Gasteiger charge is -2.20. The SMILES string of the molecule is CC(CO)C(C)NC(=O)CCNC(=O)C(C)(C)C. The van der Waals surface area contributed by atoms with Crippen LogP contribution in [0.3, 0.4) is 0 Å². The lowest BCUT2D eigenvalue weighted by atomic mass is 9.96. The standard InChI is InChI=1S/C13H26N2O3/c1-9(8-16)10(2)15-11(17)6-7-14-12(18)13(3,4)5/h9-10,16H,6-8H2,1-5H3,(H,14,18)(H,15,17). The lowest BCUT2D eigenvalue weighted by molar-refractivity contribution is -0.128. The van der Waals surface area contributed by atoms with Gasteiger partial charge in [-0.2, -0.15) is 0 Å². The minimum atomic E-state index is -0.435. The van der Waals surface area contributed by atoms with Gasteiger partial charge >= 0.3 is 0 Å². The van der Waals surface area contributed by atoms with Crippen molar-refractivity contribution in [2.45, 2.75) is 47.1 Å². The van der Waals surface area contributed by atoms with Gasteiger partial charge in [0.15, 0.2) is 0 Å². The number of carbonyl (C=O) groups is 2. The molecule has 106 valence electrons. The number of hydrogen-bond donors (Lipinski definition) is 3. The summed E-state index contributed by atoms with van der Waals surface area (Å²) in [5.74, 6) is -0.151. The van der Waals surface area contributed by atoms with Gasteiger partial charge < -0.3 is 15.7 Å². The van der Waals surface area contributed by atoms with Gasteiger partial charge in [0.25, 0.3) is 0 Å². The van der Waals surface area contributed by atoms with Crippen LogP contribution >= 0.6 is 0 Å². The smallest absolute Gasteiger partial charge is 0.225 e. The van der Waals surface area contributed by atoms with Gasteiger partial charge in [-0.15, -0.1) is 0 Å². The van der Waals surface area contributed by atoms with Crippen molar-refractivity contribution in [3.8, 4) is 0 Å². The van der Waals surface area contributed by atoms with Crippen LogP contribution in [0.25, 0.3) is 0 Å².